The zero-order valence-corrected chi connectivity index (χ0v) is 26.9. The van der Waals surface area contributed by atoms with Crippen molar-refractivity contribution >= 4 is 17.3 Å². The van der Waals surface area contributed by atoms with Crippen molar-refractivity contribution < 1.29 is 27.4 Å². The summed E-state index contributed by atoms with van der Waals surface area (Å²) in [5.74, 6) is 0.563. The third-order valence-electron chi connectivity index (χ3n) is 11.2. The van der Waals surface area contributed by atoms with Crippen LogP contribution in [0.3, 0.4) is 0 Å². The molecular formula is C35H39F3N6O3. The molecule has 2 aliphatic carbocycles. The number of carbonyl (C=O) groups excluding carboxylic acids is 1. The second kappa shape index (κ2) is 11.6. The first-order valence-electron chi connectivity index (χ1n) is 16.2. The molecule has 12 heteroatoms. The number of nitrogens with zero attached hydrogens (tertiary/aromatic N) is 6. The molecule has 1 saturated heterocycles. The van der Waals surface area contributed by atoms with Crippen LogP contribution < -0.4 is 9.80 Å². The molecule has 47 heavy (non-hydrogen) atoms. The van der Waals surface area contributed by atoms with Crippen molar-refractivity contribution in [2.24, 2.45) is 24.3 Å². The highest BCUT2D eigenvalue weighted by Gasteiger charge is 2.49. The number of hydrogen-bond acceptors (Lipinski definition) is 7. The van der Waals surface area contributed by atoms with E-state index in [1.165, 1.54) is 11.0 Å². The number of halogens is 3. The smallest absolute Gasteiger partial charge is 0.370 e. The lowest BCUT2D eigenvalue weighted by molar-refractivity contribution is -0.150. The summed E-state index contributed by atoms with van der Waals surface area (Å²) >= 11 is 0. The number of carbonyl (C=O) groups is 1. The van der Waals surface area contributed by atoms with Crippen LogP contribution >= 0.6 is 0 Å². The number of hydrogen-bond donors (Lipinski definition) is 0. The van der Waals surface area contributed by atoms with E-state index in [-0.39, 0.29) is 40.7 Å². The SMILES string of the molecule is COC(OC)C1CCC2(CC1)CN(c1cc3c(c(C(F)(F)F)c1)CN(c1cccc(C4(Cc5nncn5C)CC(C#N)C4)c1)C3=O)C2. The summed E-state index contributed by atoms with van der Waals surface area (Å²) < 4.78 is 56.4. The molecule has 1 aromatic heterocycles. The van der Waals surface area contributed by atoms with Gasteiger partial charge < -0.3 is 23.8 Å². The predicted octanol–water partition coefficient (Wildman–Crippen LogP) is 6.02. The maximum atomic E-state index is 14.5. The standard InChI is InChI=1S/C35H39F3N6O3/c1-42-21-40-41-30(42)16-34(14-22(15-34)17-39)24-5-4-6-25(11-24)44-18-28-27(31(44)45)12-26(13-29(28)35(36,37)38)43-19-33(20-43)9-7-23(8-10-33)32(46-2)47-3/h4-6,11-13,21-23,32H,7-10,14-16,18-20H2,1-3H3. The molecule has 0 radical (unpaired) electrons. The van der Waals surface area contributed by atoms with Crippen LogP contribution in [0.5, 0.6) is 0 Å². The van der Waals surface area contributed by atoms with E-state index in [1.54, 1.807) is 32.7 Å². The first-order valence-corrected chi connectivity index (χ1v) is 16.2. The minimum absolute atomic E-state index is 0.0135. The lowest BCUT2D eigenvalue weighted by Crippen LogP contribution is -2.58. The van der Waals surface area contributed by atoms with Crippen LogP contribution in [-0.2, 0) is 41.1 Å². The molecule has 3 fully saturated rings. The van der Waals surface area contributed by atoms with Crippen LogP contribution in [0.2, 0.25) is 0 Å². The van der Waals surface area contributed by atoms with E-state index < -0.39 is 17.6 Å². The summed E-state index contributed by atoms with van der Waals surface area (Å²) in [5, 5.41) is 17.8. The summed E-state index contributed by atoms with van der Waals surface area (Å²) in [5.41, 5.74) is 0.975. The normalized spacial score (nSPS) is 24.0. The van der Waals surface area contributed by atoms with Crippen molar-refractivity contribution in [3.63, 3.8) is 0 Å². The van der Waals surface area contributed by atoms with E-state index in [2.05, 4.69) is 16.3 Å². The highest BCUT2D eigenvalue weighted by molar-refractivity contribution is 6.11. The molecule has 2 aromatic carbocycles. The zero-order valence-electron chi connectivity index (χ0n) is 26.9. The molecule has 0 N–H and O–H groups in total. The van der Waals surface area contributed by atoms with Crippen molar-refractivity contribution in [2.75, 3.05) is 37.1 Å². The summed E-state index contributed by atoms with van der Waals surface area (Å²) in [4.78, 5) is 17.3. The zero-order chi connectivity index (χ0) is 33.1. The molecule has 0 unspecified atom stereocenters. The van der Waals surface area contributed by atoms with E-state index in [1.807, 2.05) is 34.7 Å². The number of fused-ring (bicyclic) bond motifs is 1. The number of methoxy groups -OCH3 is 2. The molecule has 0 bridgehead atoms. The summed E-state index contributed by atoms with van der Waals surface area (Å²) in [6.45, 7) is 1.17. The van der Waals surface area contributed by atoms with Crippen LogP contribution in [0.15, 0.2) is 42.7 Å². The molecule has 1 amide bonds. The Labute approximate surface area is 272 Å². The number of rotatable bonds is 8. The number of aryl methyl sites for hydroxylation is 1. The fraction of sp³-hybridized carbons (Fsp3) is 0.543. The second-order valence-electron chi connectivity index (χ2n) is 14.0. The van der Waals surface area contributed by atoms with Crippen molar-refractivity contribution in [2.45, 2.75) is 69.4 Å². The molecule has 0 atom stereocenters. The van der Waals surface area contributed by atoms with E-state index in [0.717, 1.165) is 37.1 Å². The molecule has 4 aliphatic rings. The first kappa shape index (κ1) is 31.6. The average Bonchev–Trinajstić information content (AvgIpc) is 3.59. The number of amides is 1. The van der Waals surface area contributed by atoms with Crippen LogP contribution in [0.4, 0.5) is 24.5 Å². The van der Waals surface area contributed by atoms with Gasteiger partial charge in [0.2, 0.25) is 0 Å². The largest absolute Gasteiger partial charge is 0.416 e. The Hall–Kier alpha value is -3.95. The molecule has 2 saturated carbocycles. The Morgan fingerprint density at radius 2 is 1.81 bits per heavy atom. The Morgan fingerprint density at radius 3 is 2.43 bits per heavy atom. The molecule has 3 aromatic rings. The minimum atomic E-state index is -4.60. The number of alkyl halides is 3. The van der Waals surface area contributed by atoms with Crippen LogP contribution in [-0.4, -0.2) is 54.3 Å². The van der Waals surface area contributed by atoms with Gasteiger partial charge in [0.1, 0.15) is 12.2 Å². The van der Waals surface area contributed by atoms with Gasteiger partial charge in [0.05, 0.1) is 18.2 Å². The van der Waals surface area contributed by atoms with E-state index in [4.69, 9.17) is 9.47 Å². The summed E-state index contributed by atoms with van der Waals surface area (Å²) in [6, 6.07) is 12.7. The number of ether oxygens (including phenoxy) is 2. The average molecular weight is 649 g/mol. The van der Waals surface area contributed by atoms with E-state index in [0.29, 0.717) is 49.6 Å². The van der Waals surface area contributed by atoms with Crippen LogP contribution in [0.25, 0.3) is 0 Å². The quantitative estimate of drug-likeness (QED) is 0.276. The fourth-order valence-electron chi connectivity index (χ4n) is 8.54. The monoisotopic (exact) mass is 648 g/mol. The maximum Gasteiger partial charge on any atom is 0.416 e. The molecule has 1 spiro atoms. The van der Waals surface area contributed by atoms with Crippen molar-refractivity contribution in [3.8, 4) is 6.07 Å². The molecular weight excluding hydrogens is 609 g/mol. The molecule has 7 rings (SSSR count). The molecule has 248 valence electrons. The van der Waals surface area contributed by atoms with Crippen LogP contribution in [0.1, 0.15) is 71.4 Å². The van der Waals surface area contributed by atoms with Gasteiger partial charge in [-0.25, -0.2) is 0 Å². The molecule has 3 heterocycles. The highest BCUT2D eigenvalue weighted by Crippen LogP contribution is 2.52. The third kappa shape index (κ3) is 5.47. The number of anilines is 2. The van der Waals surface area contributed by atoms with Gasteiger partial charge in [-0.1, -0.05) is 12.1 Å². The van der Waals surface area contributed by atoms with Gasteiger partial charge in [-0.3, -0.25) is 4.79 Å². The van der Waals surface area contributed by atoms with Gasteiger partial charge in [0.25, 0.3) is 5.91 Å². The number of benzene rings is 2. The van der Waals surface area contributed by atoms with Crippen molar-refractivity contribution in [1.29, 1.82) is 5.26 Å². The van der Waals surface area contributed by atoms with Crippen LogP contribution in [0, 0.1) is 28.6 Å². The van der Waals surface area contributed by atoms with Gasteiger partial charge >= 0.3 is 6.18 Å². The van der Waals surface area contributed by atoms with Gasteiger partial charge in [-0.2, -0.15) is 18.4 Å². The maximum absolute atomic E-state index is 14.5. The molecule has 9 nitrogen and oxygen atoms in total. The minimum Gasteiger partial charge on any atom is -0.370 e. The Kier molecular flexibility index (Phi) is 7.83. The van der Waals surface area contributed by atoms with Gasteiger partial charge in [-0.15, -0.1) is 10.2 Å². The van der Waals surface area contributed by atoms with Crippen molar-refractivity contribution in [3.05, 3.63) is 70.8 Å². The van der Waals surface area contributed by atoms with E-state index in [9.17, 15) is 23.2 Å². The highest BCUT2D eigenvalue weighted by atomic mass is 19.4. The fourth-order valence-corrected chi connectivity index (χ4v) is 8.54. The third-order valence-corrected chi connectivity index (χ3v) is 11.2. The molecule has 2 aliphatic heterocycles. The van der Waals surface area contributed by atoms with Gasteiger partial charge in [-0.05, 0) is 73.9 Å². The predicted molar refractivity (Wildman–Crippen MR) is 168 cm³/mol. The number of aromatic nitrogens is 3. The van der Waals surface area contributed by atoms with Crippen molar-refractivity contribution in [1.82, 2.24) is 14.8 Å². The number of nitriles is 1. The Balaban J connectivity index is 1.13. The summed E-state index contributed by atoms with van der Waals surface area (Å²) in [6.07, 6.45) is 2.44. The Bertz CT molecular complexity index is 1710. The topological polar surface area (TPSA) is 96.5 Å². The van der Waals surface area contributed by atoms with Gasteiger partial charge in [0.15, 0.2) is 6.29 Å². The summed E-state index contributed by atoms with van der Waals surface area (Å²) in [7, 11) is 5.16. The van der Waals surface area contributed by atoms with Gasteiger partial charge in [0, 0.05) is 80.4 Å². The lowest BCUT2D eigenvalue weighted by atomic mass is 9.57. The lowest BCUT2D eigenvalue weighted by Gasteiger charge is -2.55. The first-order chi connectivity index (χ1) is 22.5. The van der Waals surface area contributed by atoms with E-state index >= 15 is 0 Å². The second-order valence-corrected chi connectivity index (χ2v) is 14.0. The Morgan fingerprint density at radius 1 is 1.09 bits per heavy atom.